The van der Waals surface area contributed by atoms with Gasteiger partial charge in [0, 0.05) is 12.2 Å². The Hall–Kier alpha value is -1.28. The molecular formula is C23H37NO4S2. The zero-order chi connectivity index (χ0) is 22.6. The summed E-state index contributed by atoms with van der Waals surface area (Å²) in [6.45, 7) is 2.11. The first-order valence-corrected chi connectivity index (χ1v) is 12.0. The minimum atomic E-state index is -0.760. The van der Waals surface area contributed by atoms with Crippen molar-refractivity contribution in [2.45, 2.75) is 75.7 Å². The van der Waals surface area contributed by atoms with Crippen LogP contribution in [0.2, 0.25) is 0 Å². The molecule has 0 unspecified atom stereocenters. The first kappa shape index (κ1) is 28.7. The third-order valence-corrected chi connectivity index (χ3v) is 5.88. The molecule has 0 aromatic heterocycles. The number of thioether (sulfide) groups is 1. The van der Waals surface area contributed by atoms with Gasteiger partial charge in [-0.15, -0.1) is 0 Å². The van der Waals surface area contributed by atoms with E-state index in [1.54, 1.807) is 0 Å². The minimum absolute atomic E-state index is 0.159. The van der Waals surface area contributed by atoms with E-state index in [9.17, 15) is 14.7 Å². The van der Waals surface area contributed by atoms with Gasteiger partial charge in [-0.1, -0.05) is 86.6 Å². The number of carboxylic acids is 1. The number of hydrogen-bond donors (Lipinski definition) is 4. The fourth-order valence-corrected chi connectivity index (χ4v) is 3.71. The number of carboxylic acid groups (broad SMARTS) is 1. The van der Waals surface area contributed by atoms with Crippen LogP contribution >= 0.6 is 24.4 Å². The Labute approximate surface area is 191 Å². The van der Waals surface area contributed by atoms with E-state index in [-0.39, 0.29) is 22.5 Å². The van der Waals surface area contributed by atoms with Crippen molar-refractivity contribution in [1.82, 2.24) is 0 Å². The summed E-state index contributed by atoms with van der Waals surface area (Å²) in [6.07, 6.45) is 20.9. The van der Waals surface area contributed by atoms with E-state index in [1.165, 1.54) is 0 Å². The highest BCUT2D eigenvalue weighted by atomic mass is 32.2. The van der Waals surface area contributed by atoms with Gasteiger partial charge in [-0.05, 0) is 25.7 Å². The fourth-order valence-electron chi connectivity index (χ4n) is 2.43. The molecule has 0 heterocycles. The summed E-state index contributed by atoms with van der Waals surface area (Å²) in [5.41, 5.74) is 5.75. The molecule has 0 spiro atoms. The molecule has 0 saturated heterocycles. The largest absolute Gasteiger partial charge is 0.481 e. The molecule has 170 valence electrons. The monoisotopic (exact) mass is 455 g/mol. The highest BCUT2D eigenvalue weighted by molar-refractivity contribution is 8.14. The number of aliphatic hydroxyl groups is 1. The summed E-state index contributed by atoms with van der Waals surface area (Å²) in [5.74, 6) is -0.475. The first-order valence-electron chi connectivity index (χ1n) is 10.5. The second-order valence-corrected chi connectivity index (χ2v) is 8.49. The maximum Gasteiger partial charge on any atom is 0.303 e. The lowest BCUT2D eigenvalue weighted by Crippen LogP contribution is -2.33. The molecule has 4 N–H and O–H groups in total. The van der Waals surface area contributed by atoms with Gasteiger partial charge in [0.25, 0.3) is 0 Å². The molecule has 3 atom stereocenters. The van der Waals surface area contributed by atoms with Crippen molar-refractivity contribution in [3.05, 3.63) is 48.6 Å². The molecule has 0 fully saturated rings. The predicted molar refractivity (Wildman–Crippen MR) is 131 cm³/mol. The number of carbonyl (C=O) groups excluding carboxylic acids is 1. The average Bonchev–Trinajstić information content (AvgIpc) is 2.72. The number of hydrogen-bond acceptors (Lipinski definition) is 6. The van der Waals surface area contributed by atoms with Crippen LogP contribution < -0.4 is 5.73 Å². The van der Waals surface area contributed by atoms with Crippen molar-refractivity contribution in [1.29, 1.82) is 0 Å². The van der Waals surface area contributed by atoms with Gasteiger partial charge < -0.3 is 15.9 Å². The minimum Gasteiger partial charge on any atom is -0.481 e. The quantitative estimate of drug-likeness (QED) is 0.110. The molecule has 0 saturated carbocycles. The Morgan fingerprint density at radius 1 is 1.07 bits per heavy atom. The van der Waals surface area contributed by atoms with Crippen LogP contribution in [0.1, 0.15) is 58.3 Å². The van der Waals surface area contributed by atoms with Crippen LogP contribution in [0.25, 0.3) is 0 Å². The van der Waals surface area contributed by atoms with Gasteiger partial charge >= 0.3 is 5.97 Å². The average molecular weight is 456 g/mol. The van der Waals surface area contributed by atoms with Gasteiger partial charge in [-0.25, -0.2) is 0 Å². The lowest BCUT2D eigenvalue weighted by molar-refractivity contribution is -0.137. The topological polar surface area (TPSA) is 101 Å². The third kappa shape index (κ3) is 16.5. The van der Waals surface area contributed by atoms with E-state index >= 15 is 0 Å². The molecule has 0 rings (SSSR count). The number of allylic oxidation sites excluding steroid dienone is 7. The van der Waals surface area contributed by atoms with Gasteiger partial charge in [0.15, 0.2) is 0 Å². The van der Waals surface area contributed by atoms with Gasteiger partial charge in [-0.2, -0.15) is 12.6 Å². The summed E-state index contributed by atoms with van der Waals surface area (Å²) >= 11 is 5.15. The summed E-state index contributed by atoms with van der Waals surface area (Å²) in [6, 6.07) is -0.632. The number of unbranched alkanes of at least 4 members (excludes halogenated alkanes) is 3. The molecule has 0 aliphatic carbocycles. The van der Waals surface area contributed by atoms with Crippen LogP contribution in [0.4, 0.5) is 0 Å². The van der Waals surface area contributed by atoms with Crippen molar-refractivity contribution >= 4 is 35.5 Å². The molecule has 0 amide bonds. The molecule has 0 aromatic carbocycles. The van der Waals surface area contributed by atoms with Crippen LogP contribution in [0, 0.1) is 0 Å². The molecule has 0 aliphatic heterocycles. The summed E-state index contributed by atoms with van der Waals surface area (Å²) in [7, 11) is 0. The maximum atomic E-state index is 12.1. The SMILES string of the molecule is CCCCC[C@H](O)[C@@H](/C=C/C=C/C=C\C/C=C\CCCC(=O)O)SC(=O)[C@@H](N)CS. The lowest BCUT2D eigenvalue weighted by atomic mass is 10.1. The summed E-state index contributed by atoms with van der Waals surface area (Å²) < 4.78 is 0. The van der Waals surface area contributed by atoms with E-state index < -0.39 is 18.1 Å². The molecule has 5 nitrogen and oxygen atoms in total. The Kier molecular flexibility index (Phi) is 18.8. The van der Waals surface area contributed by atoms with Crippen molar-refractivity contribution in [3.8, 4) is 0 Å². The zero-order valence-electron chi connectivity index (χ0n) is 17.9. The molecule has 30 heavy (non-hydrogen) atoms. The van der Waals surface area contributed by atoms with Gasteiger partial charge in [0.2, 0.25) is 5.12 Å². The summed E-state index contributed by atoms with van der Waals surface area (Å²) in [5, 5.41) is 18.5. The third-order valence-electron chi connectivity index (χ3n) is 4.20. The number of aliphatic hydroxyl groups excluding tert-OH is 1. The van der Waals surface area contributed by atoms with Crippen LogP contribution in [0.15, 0.2) is 48.6 Å². The van der Waals surface area contributed by atoms with E-state index in [2.05, 4.69) is 19.6 Å². The molecule has 0 bridgehead atoms. The molecule has 0 radical (unpaired) electrons. The van der Waals surface area contributed by atoms with E-state index in [4.69, 9.17) is 10.8 Å². The van der Waals surface area contributed by atoms with Crippen LogP contribution in [-0.2, 0) is 9.59 Å². The second kappa shape index (κ2) is 19.7. The lowest BCUT2D eigenvalue weighted by Gasteiger charge is -2.20. The van der Waals surface area contributed by atoms with Crippen molar-refractivity contribution < 1.29 is 19.8 Å². The van der Waals surface area contributed by atoms with Crippen molar-refractivity contribution in [3.63, 3.8) is 0 Å². The highest BCUT2D eigenvalue weighted by Gasteiger charge is 2.23. The van der Waals surface area contributed by atoms with Gasteiger partial charge in [-0.3, -0.25) is 9.59 Å². The zero-order valence-corrected chi connectivity index (χ0v) is 19.6. The van der Waals surface area contributed by atoms with E-state index in [0.29, 0.717) is 12.8 Å². The van der Waals surface area contributed by atoms with Gasteiger partial charge in [0.05, 0.1) is 17.4 Å². The molecule has 7 heteroatoms. The molecule has 0 aromatic rings. The number of rotatable bonds is 17. The number of carbonyl (C=O) groups is 2. The Bertz CT molecular complexity index is 588. The van der Waals surface area contributed by atoms with E-state index in [1.807, 2.05) is 48.6 Å². The molecule has 0 aliphatic rings. The van der Waals surface area contributed by atoms with E-state index in [0.717, 1.165) is 43.9 Å². The first-order chi connectivity index (χ1) is 14.4. The fraction of sp³-hybridized carbons (Fsp3) is 0.565. The Balaban J connectivity index is 4.50. The normalized spacial score (nSPS) is 15.5. The number of nitrogens with two attached hydrogens (primary N) is 1. The number of thiol groups is 1. The predicted octanol–water partition coefficient (Wildman–Crippen LogP) is 4.68. The van der Waals surface area contributed by atoms with Crippen molar-refractivity contribution in [2.75, 3.05) is 5.75 Å². The highest BCUT2D eigenvalue weighted by Crippen LogP contribution is 2.22. The second-order valence-electron chi connectivity index (χ2n) is 6.94. The molecular weight excluding hydrogens is 418 g/mol. The van der Waals surface area contributed by atoms with Gasteiger partial charge in [0.1, 0.15) is 0 Å². The standard InChI is InChI=1S/C23H37NO4S2/c1-2-3-12-15-20(25)21(30-23(28)19(24)18-29)16-13-10-8-6-4-5-7-9-11-14-17-22(26)27/h4,6-10,13,16,19-21,25,29H,2-3,5,11-12,14-15,17-18,24H2,1H3,(H,26,27)/b6-4-,9-7-,10-8+,16-13+/t19-,20-,21+/m0/s1. The van der Waals surface area contributed by atoms with Crippen LogP contribution in [0.3, 0.4) is 0 Å². The Morgan fingerprint density at radius 2 is 1.80 bits per heavy atom. The van der Waals surface area contributed by atoms with Crippen molar-refractivity contribution in [2.24, 2.45) is 5.73 Å². The van der Waals surface area contributed by atoms with Crippen LogP contribution in [-0.4, -0.2) is 44.4 Å². The number of aliphatic carboxylic acids is 1. The summed E-state index contributed by atoms with van der Waals surface area (Å²) in [4.78, 5) is 22.5. The Morgan fingerprint density at radius 3 is 2.47 bits per heavy atom. The smallest absolute Gasteiger partial charge is 0.303 e. The maximum absolute atomic E-state index is 12.1. The van der Waals surface area contributed by atoms with Crippen LogP contribution in [0.5, 0.6) is 0 Å².